The summed E-state index contributed by atoms with van der Waals surface area (Å²) >= 11 is 0. The van der Waals surface area contributed by atoms with Crippen LogP contribution in [-0.2, 0) is 17.1 Å². The van der Waals surface area contributed by atoms with Crippen LogP contribution >= 0.6 is 0 Å². The molecule has 5 heterocycles. The fourth-order valence-corrected chi connectivity index (χ4v) is 16.7. The largest absolute Gasteiger partial charge is 2.00 e. The summed E-state index contributed by atoms with van der Waals surface area (Å²) in [6, 6.07) is 136. The van der Waals surface area contributed by atoms with Crippen LogP contribution < -0.4 is 29.6 Å². The van der Waals surface area contributed by atoms with Crippen LogP contribution in [0.25, 0.3) is 158 Å². The molecule has 0 N–H and O–H groups in total. The zero-order valence-corrected chi connectivity index (χ0v) is 68.7. The van der Waals surface area contributed by atoms with E-state index in [1.165, 1.54) is 0 Å². The first-order valence-electron chi connectivity index (χ1n) is 41.2. The van der Waals surface area contributed by atoms with Gasteiger partial charge < -0.3 is 49.5 Å². The van der Waals surface area contributed by atoms with Gasteiger partial charge in [0.15, 0.2) is 0 Å². The Morgan fingerprint density at radius 2 is 0.384 bits per heavy atom. The maximum absolute atomic E-state index is 5.59. The van der Waals surface area contributed by atoms with Crippen molar-refractivity contribution in [3.8, 4) is 90.1 Å². The molecule has 12 nitrogen and oxygen atoms in total. The first-order chi connectivity index (χ1) is 61.2. The summed E-state index contributed by atoms with van der Waals surface area (Å²) in [4.78, 5) is 53.3. The standard InChI is InChI=1S/C112H76N12.Cu/c1-5-73-29-49-89(50-30-73)121(85-21-13-9-14-22-85)93-57-37-77(38-58-93)81-45-65-97-101(69-81)109-113-105(97)118-110-103-71-83(79-41-61-95(62-42-79)123(87-25-17-11-18-26-87)91-53-33-75(7-3)34-54-91)47-67-99(103)107(115-110)120-112-104-72-84(80-43-63-96(64-44-80)124(88-27-19-12-20-28-88)92-55-35-76(8-4)36-56-92)48-68-100(104)108(116-112)119-111-102-70-82(46-66-98(102)106(114-111)117-109)78-39-59-94(60-40-78)122(86-23-15-10-16-24-86)90-51-31-74(6-2)32-52-90;/h5-72H,1-4H2;/q-2;+2. The van der Waals surface area contributed by atoms with E-state index < -0.39 is 0 Å². The van der Waals surface area contributed by atoms with Gasteiger partial charge in [-0.15, -0.1) is 0 Å². The van der Waals surface area contributed by atoms with E-state index in [-0.39, 0.29) is 17.1 Å². The smallest absolute Gasteiger partial charge is 0.357 e. The Bertz CT molecular complexity index is 7040. The van der Waals surface area contributed by atoms with Crippen molar-refractivity contribution in [3.63, 3.8) is 0 Å². The molecule has 19 aromatic rings. The zero-order chi connectivity index (χ0) is 83.1. The number of benzene rings is 16. The fraction of sp³-hybridized carbons (Fsp3) is 0. The average Bonchev–Trinajstić information content (AvgIpc) is 1.59. The second-order valence-electron chi connectivity index (χ2n) is 30.6. The molecule has 125 heavy (non-hydrogen) atoms. The summed E-state index contributed by atoms with van der Waals surface area (Å²) < 4.78 is 0. The van der Waals surface area contributed by atoms with E-state index in [1.54, 1.807) is 0 Å². The summed E-state index contributed by atoms with van der Waals surface area (Å²) in [5, 5.41) is 3.11. The van der Waals surface area contributed by atoms with Crippen molar-refractivity contribution in [2.75, 3.05) is 19.6 Å². The van der Waals surface area contributed by atoms with Crippen molar-refractivity contribution in [1.29, 1.82) is 0 Å². The number of hydrogen-bond acceptors (Lipinski definition) is 10. The molecule has 16 aromatic carbocycles. The van der Waals surface area contributed by atoms with E-state index in [1.807, 2.05) is 48.6 Å². The van der Waals surface area contributed by atoms with Gasteiger partial charge in [0, 0.05) is 113 Å². The van der Waals surface area contributed by atoms with Gasteiger partial charge in [-0.3, -0.25) is 0 Å². The molecule has 0 saturated heterocycles. The van der Waals surface area contributed by atoms with Gasteiger partial charge in [0.25, 0.3) is 0 Å². The quantitative estimate of drug-likeness (QED) is 0.0676. The number of fused-ring (bicyclic) bond motifs is 20. The molecule has 2 aliphatic heterocycles. The van der Waals surface area contributed by atoms with Crippen molar-refractivity contribution in [2.45, 2.75) is 0 Å². The number of nitrogens with zero attached hydrogens (tertiary/aromatic N) is 12. The Morgan fingerprint density at radius 1 is 0.184 bits per heavy atom. The molecule has 0 aliphatic carbocycles. The van der Waals surface area contributed by atoms with E-state index >= 15 is 0 Å². The van der Waals surface area contributed by atoms with Crippen LogP contribution in [0, 0.1) is 0 Å². The predicted octanol–water partition coefficient (Wildman–Crippen LogP) is 29.2. The van der Waals surface area contributed by atoms with Crippen LogP contribution in [-0.4, -0.2) is 29.9 Å². The summed E-state index contributed by atoms with van der Waals surface area (Å²) in [7, 11) is 0. The molecular weight excluding hydrogens is 1580 g/mol. The number of aromatic nitrogens is 8. The van der Waals surface area contributed by atoms with Gasteiger partial charge in [-0.2, -0.15) is 0 Å². The second kappa shape index (κ2) is 33.3. The third-order valence-corrected chi connectivity index (χ3v) is 23.1. The average molecular weight is 1650 g/mol. The topological polar surface area (TPSA) is 118 Å². The molecule has 595 valence electrons. The molecule has 13 heteroatoms. The van der Waals surface area contributed by atoms with Gasteiger partial charge in [-0.05, 0) is 258 Å². The minimum atomic E-state index is 0. The number of hydrogen-bond donors (Lipinski definition) is 0. The minimum Gasteiger partial charge on any atom is -0.357 e. The monoisotopic (exact) mass is 1650 g/mol. The first kappa shape index (κ1) is 77.2. The maximum Gasteiger partial charge on any atom is 2.00 e. The first-order valence-corrected chi connectivity index (χ1v) is 41.2. The van der Waals surface area contributed by atoms with Gasteiger partial charge in [0.05, 0.1) is 23.3 Å². The SMILES string of the molecule is C=Cc1ccc(N(c2ccccc2)c2ccc(-c3ccc4c(c3)-c3nc-4nc4[n-]c(nc5nc(nc6[n-]c(n3)c3ccc(-c7ccc(N(c8ccccc8)c8ccc(C=C)cc8)cc7)cc63)-c3ccc(-c6ccc(N(c7ccccc7)c7ccc(C=C)cc7)cc6)cc3-5)c3ccc(-c5ccc(N(c6ccccc6)c6ccc(C=C)cc6)cc5)cc43)cc2)cc1.[Cu+2]. The molecule has 0 saturated carbocycles. The molecule has 0 amide bonds. The van der Waals surface area contributed by atoms with Gasteiger partial charge in [-0.1, -0.05) is 269 Å². The van der Waals surface area contributed by atoms with E-state index in [4.69, 9.17) is 39.9 Å². The molecule has 2 aliphatic rings. The van der Waals surface area contributed by atoms with Crippen molar-refractivity contribution in [3.05, 3.63) is 437 Å². The second-order valence-corrected chi connectivity index (χ2v) is 30.6. The van der Waals surface area contributed by atoms with Gasteiger partial charge in [0.1, 0.15) is 0 Å². The number of rotatable bonds is 20. The normalized spacial score (nSPS) is 11.3. The molecule has 21 rings (SSSR count). The van der Waals surface area contributed by atoms with E-state index in [2.05, 4.69) is 410 Å². The van der Waals surface area contributed by atoms with Crippen molar-refractivity contribution < 1.29 is 17.1 Å². The minimum absolute atomic E-state index is 0. The third kappa shape index (κ3) is 14.9. The Kier molecular flexibility index (Phi) is 20.6. The predicted molar refractivity (Wildman–Crippen MR) is 515 cm³/mol. The van der Waals surface area contributed by atoms with Gasteiger partial charge >= 0.3 is 17.1 Å². The maximum atomic E-state index is 5.59. The molecule has 8 bridgehead atoms. The summed E-state index contributed by atoms with van der Waals surface area (Å²) in [5.74, 6) is 1.74. The van der Waals surface area contributed by atoms with Crippen LogP contribution in [0.15, 0.2) is 415 Å². The van der Waals surface area contributed by atoms with Crippen molar-refractivity contribution in [2.24, 2.45) is 0 Å². The Balaban J connectivity index is 0.00000987. The van der Waals surface area contributed by atoms with Gasteiger partial charge in [-0.25, -0.2) is 9.97 Å². The number of anilines is 12. The third-order valence-electron chi connectivity index (χ3n) is 23.1. The molecule has 0 atom stereocenters. The Hall–Kier alpha value is -16.4. The van der Waals surface area contributed by atoms with E-state index in [0.29, 0.717) is 45.9 Å². The number of para-hydroxylation sites is 4. The zero-order valence-electron chi connectivity index (χ0n) is 67.8. The fourth-order valence-electron chi connectivity index (χ4n) is 16.7. The van der Waals surface area contributed by atoms with Crippen molar-refractivity contribution >= 4 is 137 Å². The van der Waals surface area contributed by atoms with Crippen molar-refractivity contribution in [1.82, 2.24) is 39.9 Å². The molecule has 1 radical (unpaired) electrons. The van der Waals surface area contributed by atoms with E-state index in [9.17, 15) is 0 Å². The van der Waals surface area contributed by atoms with Crippen LogP contribution in [0.1, 0.15) is 22.3 Å². The molecule has 0 spiro atoms. The molecule has 3 aromatic heterocycles. The van der Waals surface area contributed by atoms with Crippen LogP contribution in [0.2, 0.25) is 0 Å². The van der Waals surface area contributed by atoms with Crippen LogP contribution in [0.5, 0.6) is 0 Å². The van der Waals surface area contributed by atoms with Gasteiger partial charge in [0.2, 0.25) is 0 Å². The Labute approximate surface area is 735 Å². The summed E-state index contributed by atoms with van der Waals surface area (Å²) in [6.45, 7) is 16.1. The summed E-state index contributed by atoms with van der Waals surface area (Å²) in [6.07, 6.45) is 7.46. The van der Waals surface area contributed by atoms with E-state index in [0.717, 1.165) is 179 Å². The van der Waals surface area contributed by atoms with Crippen LogP contribution in [0.4, 0.5) is 68.2 Å². The van der Waals surface area contributed by atoms with Crippen LogP contribution in [0.3, 0.4) is 0 Å². The molecule has 0 fully saturated rings. The Morgan fingerprint density at radius 3 is 0.632 bits per heavy atom. The molecule has 0 unspecified atom stereocenters. The summed E-state index contributed by atoms with van der Waals surface area (Å²) in [5.41, 5.74) is 29.1. The molecular formula is C112H76CuN12.